The molecule has 0 saturated heterocycles. The van der Waals surface area contributed by atoms with Gasteiger partial charge in [0.2, 0.25) is 0 Å². The first-order valence-corrected chi connectivity index (χ1v) is 5.03. The number of hydrogen-bond acceptors (Lipinski definition) is 2. The summed E-state index contributed by atoms with van der Waals surface area (Å²) in [4.78, 5) is 22.2. The highest BCUT2D eigenvalue weighted by Crippen LogP contribution is 2.35. The molecular weight excluding hydrogens is 164 g/mol. The lowest BCUT2D eigenvalue weighted by atomic mass is 10.0. The minimum atomic E-state index is -0.317. The van der Waals surface area contributed by atoms with E-state index in [0.29, 0.717) is 0 Å². The van der Waals surface area contributed by atoms with E-state index in [2.05, 4.69) is 0 Å². The zero-order chi connectivity index (χ0) is 9.26. The van der Waals surface area contributed by atoms with E-state index in [1.54, 1.807) is 0 Å². The molecule has 13 heavy (non-hydrogen) atoms. The number of carbonyl (C=O) groups excluding carboxylic acids is 2. The van der Waals surface area contributed by atoms with Crippen LogP contribution in [0.25, 0.3) is 0 Å². The second kappa shape index (κ2) is 3.44. The summed E-state index contributed by atoms with van der Waals surface area (Å²) in [5.41, 5.74) is 2.34. The lowest BCUT2D eigenvalue weighted by Gasteiger charge is -2.01. The fourth-order valence-corrected chi connectivity index (χ4v) is 2.36. The number of rotatable bonds is 1. The van der Waals surface area contributed by atoms with Crippen molar-refractivity contribution in [2.75, 3.05) is 0 Å². The number of carbonyl (C=O) groups is 2. The summed E-state index contributed by atoms with van der Waals surface area (Å²) in [5.74, 6) is -0.199. The van der Waals surface area contributed by atoms with Crippen molar-refractivity contribution in [3.63, 3.8) is 0 Å². The average molecular weight is 178 g/mol. The van der Waals surface area contributed by atoms with Crippen LogP contribution in [-0.2, 0) is 9.59 Å². The van der Waals surface area contributed by atoms with Crippen LogP contribution in [0.2, 0.25) is 0 Å². The molecule has 0 N–H and O–H groups in total. The number of aldehydes is 1. The maximum absolute atomic E-state index is 11.6. The summed E-state index contributed by atoms with van der Waals surface area (Å²) in [7, 11) is 0. The molecule has 0 aromatic rings. The molecule has 2 aliphatic rings. The number of Topliss-reactive ketones (excluding diaryl/α,β-unsaturated/α-hetero) is 1. The Bertz CT molecular complexity index is 268. The number of allylic oxidation sites excluding steroid dienone is 2. The predicted molar refractivity (Wildman–Crippen MR) is 49.3 cm³/mol. The van der Waals surface area contributed by atoms with E-state index in [9.17, 15) is 9.59 Å². The monoisotopic (exact) mass is 178 g/mol. The molecule has 1 atom stereocenters. The van der Waals surface area contributed by atoms with Crippen LogP contribution in [0.4, 0.5) is 0 Å². The summed E-state index contributed by atoms with van der Waals surface area (Å²) in [6.07, 6.45) is 7.03. The van der Waals surface area contributed by atoms with Gasteiger partial charge in [0.25, 0.3) is 0 Å². The molecule has 0 aliphatic heterocycles. The van der Waals surface area contributed by atoms with Gasteiger partial charge in [-0.3, -0.25) is 4.79 Å². The third-order valence-electron chi connectivity index (χ3n) is 3.14. The fourth-order valence-electron chi connectivity index (χ4n) is 2.36. The molecule has 2 heteroatoms. The lowest BCUT2D eigenvalue weighted by molar-refractivity contribution is -0.123. The first-order chi connectivity index (χ1) is 6.33. The van der Waals surface area contributed by atoms with E-state index in [1.807, 2.05) is 0 Å². The van der Waals surface area contributed by atoms with Crippen molar-refractivity contribution in [2.45, 2.75) is 38.5 Å². The molecule has 0 amide bonds. The van der Waals surface area contributed by atoms with Crippen molar-refractivity contribution in [2.24, 2.45) is 5.92 Å². The van der Waals surface area contributed by atoms with Crippen LogP contribution in [0, 0.1) is 5.92 Å². The van der Waals surface area contributed by atoms with Gasteiger partial charge >= 0.3 is 0 Å². The third kappa shape index (κ3) is 1.45. The first-order valence-electron chi connectivity index (χ1n) is 5.03. The van der Waals surface area contributed by atoms with Crippen LogP contribution < -0.4 is 0 Å². The van der Waals surface area contributed by atoms with Gasteiger partial charge in [0, 0.05) is 0 Å². The lowest BCUT2D eigenvalue weighted by Crippen LogP contribution is -2.09. The smallest absolute Gasteiger partial charge is 0.168 e. The largest absolute Gasteiger partial charge is 0.303 e. The van der Waals surface area contributed by atoms with E-state index < -0.39 is 0 Å². The van der Waals surface area contributed by atoms with Crippen molar-refractivity contribution in [1.82, 2.24) is 0 Å². The first kappa shape index (κ1) is 8.67. The van der Waals surface area contributed by atoms with Crippen molar-refractivity contribution >= 4 is 12.1 Å². The second-order valence-electron chi connectivity index (χ2n) is 3.93. The van der Waals surface area contributed by atoms with E-state index >= 15 is 0 Å². The van der Waals surface area contributed by atoms with Gasteiger partial charge in [-0.15, -0.1) is 0 Å². The van der Waals surface area contributed by atoms with Gasteiger partial charge in [0.05, 0.1) is 5.92 Å². The minimum Gasteiger partial charge on any atom is -0.303 e. The quantitative estimate of drug-likeness (QED) is 0.350. The van der Waals surface area contributed by atoms with Crippen molar-refractivity contribution < 1.29 is 9.59 Å². The number of ketones is 1. The van der Waals surface area contributed by atoms with Crippen LogP contribution in [0.5, 0.6) is 0 Å². The number of hydrogen-bond donors (Lipinski definition) is 0. The second-order valence-corrected chi connectivity index (χ2v) is 3.93. The normalized spacial score (nSPS) is 28.6. The summed E-state index contributed by atoms with van der Waals surface area (Å²) >= 11 is 0. The maximum Gasteiger partial charge on any atom is 0.168 e. The van der Waals surface area contributed by atoms with Gasteiger partial charge < -0.3 is 4.79 Å². The van der Waals surface area contributed by atoms with Crippen molar-refractivity contribution in [3.8, 4) is 0 Å². The SMILES string of the molecule is O=CC1CCC(=C2CCCC2)C1=O. The highest BCUT2D eigenvalue weighted by atomic mass is 16.1. The topological polar surface area (TPSA) is 34.1 Å². The summed E-state index contributed by atoms with van der Waals surface area (Å²) in [6.45, 7) is 0. The van der Waals surface area contributed by atoms with E-state index in [1.165, 1.54) is 18.4 Å². The average Bonchev–Trinajstić information content (AvgIpc) is 2.72. The molecule has 0 aromatic carbocycles. The Labute approximate surface area is 78.0 Å². The predicted octanol–water partition coefficient (Wildman–Crippen LogP) is 2.04. The van der Waals surface area contributed by atoms with Gasteiger partial charge in [-0.1, -0.05) is 5.57 Å². The highest BCUT2D eigenvalue weighted by Gasteiger charge is 2.31. The Balaban J connectivity index is 2.22. The molecule has 2 saturated carbocycles. The maximum atomic E-state index is 11.6. The van der Waals surface area contributed by atoms with Crippen molar-refractivity contribution in [1.29, 1.82) is 0 Å². The van der Waals surface area contributed by atoms with Crippen molar-refractivity contribution in [3.05, 3.63) is 11.1 Å². The molecule has 70 valence electrons. The molecule has 2 nitrogen and oxygen atoms in total. The molecular formula is C11H14O2. The van der Waals surface area contributed by atoms with E-state index in [4.69, 9.17) is 0 Å². The van der Waals surface area contributed by atoms with Crippen LogP contribution in [0.1, 0.15) is 38.5 Å². The Morgan fingerprint density at radius 2 is 1.85 bits per heavy atom. The molecule has 0 aromatic heterocycles. The molecule has 1 unspecified atom stereocenters. The van der Waals surface area contributed by atoms with Gasteiger partial charge in [-0.25, -0.2) is 0 Å². The zero-order valence-electron chi connectivity index (χ0n) is 7.71. The molecule has 0 spiro atoms. The third-order valence-corrected chi connectivity index (χ3v) is 3.14. The molecule has 2 fully saturated rings. The van der Waals surface area contributed by atoms with Gasteiger partial charge in [0.1, 0.15) is 6.29 Å². The summed E-state index contributed by atoms with van der Waals surface area (Å²) in [6, 6.07) is 0. The summed E-state index contributed by atoms with van der Waals surface area (Å²) in [5, 5.41) is 0. The van der Waals surface area contributed by atoms with Crippen LogP contribution >= 0.6 is 0 Å². The highest BCUT2D eigenvalue weighted by molar-refractivity contribution is 6.07. The Morgan fingerprint density at radius 1 is 1.15 bits per heavy atom. The van der Waals surface area contributed by atoms with Gasteiger partial charge in [-0.05, 0) is 44.1 Å². The zero-order valence-corrected chi connectivity index (χ0v) is 7.71. The van der Waals surface area contributed by atoms with Gasteiger partial charge in [0.15, 0.2) is 5.78 Å². The molecule has 2 aliphatic carbocycles. The Hall–Kier alpha value is -0.920. The van der Waals surface area contributed by atoms with Crippen LogP contribution in [0.15, 0.2) is 11.1 Å². The fraction of sp³-hybridized carbons (Fsp3) is 0.636. The van der Waals surface area contributed by atoms with Gasteiger partial charge in [-0.2, -0.15) is 0 Å². The molecule has 0 heterocycles. The van der Waals surface area contributed by atoms with E-state index in [0.717, 1.165) is 37.5 Å². The Morgan fingerprint density at radius 3 is 2.38 bits per heavy atom. The molecule has 0 bridgehead atoms. The Kier molecular flexibility index (Phi) is 2.30. The summed E-state index contributed by atoms with van der Waals surface area (Å²) < 4.78 is 0. The molecule has 2 rings (SSSR count). The standard InChI is InChI=1S/C11H14O2/c12-7-9-5-6-10(11(9)13)8-3-1-2-4-8/h7,9H,1-6H2. The molecule has 0 radical (unpaired) electrons. The van der Waals surface area contributed by atoms with E-state index in [-0.39, 0.29) is 11.7 Å². The minimum absolute atomic E-state index is 0.118. The van der Waals surface area contributed by atoms with Crippen LogP contribution in [0.3, 0.4) is 0 Å². The van der Waals surface area contributed by atoms with Crippen LogP contribution in [-0.4, -0.2) is 12.1 Å².